The average molecular weight is 293 g/mol. The van der Waals surface area contributed by atoms with E-state index < -0.39 is 0 Å². The molecule has 108 valence electrons. The van der Waals surface area contributed by atoms with Crippen molar-refractivity contribution in [1.29, 1.82) is 5.41 Å². The van der Waals surface area contributed by atoms with Gasteiger partial charge in [0.25, 0.3) is 0 Å². The Balaban J connectivity index is 1.91. The summed E-state index contributed by atoms with van der Waals surface area (Å²) in [5.41, 5.74) is 6.18. The Morgan fingerprint density at radius 3 is 2.75 bits per heavy atom. The second-order valence-corrected chi connectivity index (χ2v) is 6.24. The first kappa shape index (κ1) is 13.7. The number of hydrogen-bond acceptors (Lipinski definition) is 3. The van der Waals surface area contributed by atoms with E-state index in [2.05, 4.69) is 9.88 Å². The van der Waals surface area contributed by atoms with Crippen molar-refractivity contribution in [3.8, 4) is 0 Å². The molecule has 5 heteroatoms. The first-order valence-corrected chi connectivity index (χ1v) is 7.82. The van der Waals surface area contributed by atoms with Crippen LogP contribution < -0.4 is 10.6 Å². The van der Waals surface area contributed by atoms with Gasteiger partial charge in [-0.1, -0.05) is 24.4 Å². The number of nitrogens with two attached hydrogens (primary N) is 1. The molecule has 1 aliphatic heterocycles. The molecule has 0 spiro atoms. The van der Waals surface area contributed by atoms with Crippen LogP contribution in [0.25, 0.3) is 0 Å². The van der Waals surface area contributed by atoms with Crippen LogP contribution in [0, 0.1) is 11.3 Å². The highest BCUT2D eigenvalue weighted by atomic mass is 35.5. The van der Waals surface area contributed by atoms with E-state index in [1.807, 2.05) is 0 Å². The number of aromatic nitrogens is 1. The van der Waals surface area contributed by atoms with Crippen molar-refractivity contribution in [3.63, 3.8) is 0 Å². The molecule has 1 saturated heterocycles. The van der Waals surface area contributed by atoms with Gasteiger partial charge in [-0.25, -0.2) is 4.98 Å². The molecule has 2 heterocycles. The summed E-state index contributed by atoms with van der Waals surface area (Å²) in [6.07, 6.45) is 9.49. The lowest BCUT2D eigenvalue weighted by Crippen LogP contribution is -2.35. The Kier molecular flexibility index (Phi) is 3.83. The van der Waals surface area contributed by atoms with Crippen molar-refractivity contribution in [2.24, 2.45) is 11.7 Å². The minimum atomic E-state index is 0.00950. The third kappa shape index (κ3) is 2.37. The third-order valence-corrected chi connectivity index (χ3v) is 5.05. The number of nitrogens with one attached hydrogen (secondary N) is 1. The summed E-state index contributed by atoms with van der Waals surface area (Å²) in [5.74, 6) is 1.60. The number of nitrogen functional groups attached to an aromatic ring is 1. The Labute approximate surface area is 124 Å². The largest absolute Gasteiger partial charge is 0.384 e. The minimum absolute atomic E-state index is 0.00950. The standard InChI is InChI=1S/C15H21ClN4/c16-13-11(14(17)18)7-8-19-15(13)20-9-3-6-12(20)10-4-1-2-5-10/h7-8,10,12H,1-6,9H2,(H3,17,18). The molecule has 2 fully saturated rings. The van der Waals surface area contributed by atoms with Crippen molar-refractivity contribution in [2.45, 2.75) is 44.6 Å². The molecule has 1 atom stereocenters. The lowest BCUT2D eigenvalue weighted by atomic mass is 9.96. The van der Waals surface area contributed by atoms with E-state index in [0.717, 1.165) is 18.3 Å². The van der Waals surface area contributed by atoms with Gasteiger partial charge in [0.05, 0.1) is 5.02 Å². The second-order valence-electron chi connectivity index (χ2n) is 5.86. The summed E-state index contributed by atoms with van der Waals surface area (Å²) in [6, 6.07) is 2.28. The van der Waals surface area contributed by atoms with Crippen molar-refractivity contribution in [2.75, 3.05) is 11.4 Å². The fourth-order valence-electron chi connectivity index (χ4n) is 3.73. The SMILES string of the molecule is N=C(N)c1ccnc(N2CCCC2C2CCCC2)c1Cl. The molecule has 3 rings (SSSR count). The van der Waals surface area contributed by atoms with Crippen LogP contribution in [-0.2, 0) is 0 Å². The van der Waals surface area contributed by atoms with Gasteiger partial charge in [0.2, 0.25) is 0 Å². The fraction of sp³-hybridized carbons (Fsp3) is 0.600. The molecular formula is C15H21ClN4. The lowest BCUT2D eigenvalue weighted by Gasteiger charge is -2.31. The number of nitrogens with zero attached hydrogens (tertiary/aromatic N) is 2. The van der Waals surface area contributed by atoms with Crippen LogP contribution >= 0.6 is 11.6 Å². The van der Waals surface area contributed by atoms with Gasteiger partial charge in [-0.3, -0.25) is 5.41 Å². The van der Waals surface area contributed by atoms with Gasteiger partial charge in [-0.05, 0) is 37.7 Å². The maximum atomic E-state index is 7.61. The van der Waals surface area contributed by atoms with Crippen molar-refractivity contribution in [1.82, 2.24) is 4.98 Å². The predicted octanol–water partition coefficient (Wildman–Crippen LogP) is 3.18. The fourth-order valence-corrected chi connectivity index (χ4v) is 4.05. The number of amidine groups is 1. The molecule has 0 bridgehead atoms. The van der Waals surface area contributed by atoms with Crippen molar-refractivity contribution < 1.29 is 0 Å². The molecule has 0 amide bonds. The molecule has 1 aliphatic carbocycles. The first-order chi connectivity index (χ1) is 9.68. The van der Waals surface area contributed by atoms with Crippen LogP contribution in [0.1, 0.15) is 44.1 Å². The lowest BCUT2D eigenvalue weighted by molar-refractivity contribution is 0.429. The molecule has 0 aromatic carbocycles. The van der Waals surface area contributed by atoms with Crippen LogP contribution in [0.3, 0.4) is 0 Å². The number of anilines is 1. The molecule has 1 saturated carbocycles. The minimum Gasteiger partial charge on any atom is -0.384 e. The number of pyridine rings is 1. The summed E-state index contributed by atoms with van der Waals surface area (Å²) in [6.45, 7) is 1.01. The monoisotopic (exact) mass is 292 g/mol. The average Bonchev–Trinajstić information content (AvgIpc) is 3.09. The molecule has 1 unspecified atom stereocenters. The maximum Gasteiger partial charge on any atom is 0.148 e. The van der Waals surface area contributed by atoms with E-state index in [4.69, 9.17) is 22.7 Å². The van der Waals surface area contributed by atoms with E-state index >= 15 is 0 Å². The molecule has 3 N–H and O–H groups in total. The van der Waals surface area contributed by atoms with Gasteiger partial charge in [-0.2, -0.15) is 0 Å². The quantitative estimate of drug-likeness (QED) is 0.664. The summed E-state index contributed by atoms with van der Waals surface area (Å²) >= 11 is 6.43. The summed E-state index contributed by atoms with van der Waals surface area (Å²) in [4.78, 5) is 6.82. The van der Waals surface area contributed by atoms with E-state index in [1.54, 1.807) is 12.3 Å². The van der Waals surface area contributed by atoms with Gasteiger partial charge in [0.1, 0.15) is 11.7 Å². The summed E-state index contributed by atoms with van der Waals surface area (Å²) in [5, 5.41) is 8.14. The van der Waals surface area contributed by atoms with Crippen molar-refractivity contribution in [3.05, 3.63) is 22.8 Å². The number of halogens is 1. The van der Waals surface area contributed by atoms with Crippen molar-refractivity contribution >= 4 is 23.3 Å². The first-order valence-electron chi connectivity index (χ1n) is 7.44. The zero-order chi connectivity index (χ0) is 14.1. The molecular weight excluding hydrogens is 272 g/mol. The molecule has 20 heavy (non-hydrogen) atoms. The number of rotatable bonds is 3. The highest BCUT2D eigenvalue weighted by Crippen LogP contribution is 2.39. The van der Waals surface area contributed by atoms with Gasteiger partial charge in [-0.15, -0.1) is 0 Å². The van der Waals surface area contributed by atoms with E-state index in [9.17, 15) is 0 Å². The zero-order valence-corrected chi connectivity index (χ0v) is 12.4. The second kappa shape index (κ2) is 5.60. The highest BCUT2D eigenvalue weighted by Gasteiger charge is 2.35. The highest BCUT2D eigenvalue weighted by molar-refractivity contribution is 6.36. The smallest absolute Gasteiger partial charge is 0.148 e. The molecule has 0 radical (unpaired) electrons. The van der Waals surface area contributed by atoms with Crippen LogP contribution in [0.4, 0.5) is 5.82 Å². The Morgan fingerprint density at radius 2 is 2.05 bits per heavy atom. The van der Waals surface area contributed by atoms with Crippen LogP contribution in [0.2, 0.25) is 5.02 Å². The topological polar surface area (TPSA) is 66.0 Å². The van der Waals surface area contributed by atoms with E-state index in [0.29, 0.717) is 16.6 Å². The Hall–Kier alpha value is -1.29. The molecule has 4 nitrogen and oxygen atoms in total. The van der Waals surface area contributed by atoms with E-state index in [1.165, 1.54) is 38.5 Å². The van der Waals surface area contributed by atoms with Gasteiger partial charge in [0.15, 0.2) is 0 Å². The molecule has 1 aromatic rings. The van der Waals surface area contributed by atoms with Crippen LogP contribution in [0.15, 0.2) is 12.3 Å². The van der Waals surface area contributed by atoms with Gasteiger partial charge in [0, 0.05) is 24.3 Å². The third-order valence-electron chi connectivity index (χ3n) is 4.68. The maximum absolute atomic E-state index is 7.61. The molecule has 1 aromatic heterocycles. The molecule has 2 aliphatic rings. The van der Waals surface area contributed by atoms with E-state index in [-0.39, 0.29) is 5.84 Å². The predicted molar refractivity (Wildman–Crippen MR) is 82.6 cm³/mol. The summed E-state index contributed by atoms with van der Waals surface area (Å²) in [7, 11) is 0. The normalized spacial score (nSPS) is 23.4. The zero-order valence-electron chi connectivity index (χ0n) is 11.6. The van der Waals surface area contributed by atoms with Gasteiger partial charge >= 0.3 is 0 Å². The van der Waals surface area contributed by atoms with Gasteiger partial charge < -0.3 is 10.6 Å². The summed E-state index contributed by atoms with van der Waals surface area (Å²) < 4.78 is 0. The number of hydrogen-bond donors (Lipinski definition) is 2. The Bertz CT molecular complexity index is 511. The Morgan fingerprint density at radius 1 is 1.30 bits per heavy atom. The van der Waals surface area contributed by atoms with Crippen LogP contribution in [-0.4, -0.2) is 23.4 Å². The van der Waals surface area contributed by atoms with Crippen LogP contribution in [0.5, 0.6) is 0 Å².